The van der Waals surface area contributed by atoms with Crippen LogP contribution in [0.2, 0.25) is 5.02 Å². The maximum absolute atomic E-state index is 13.3. The molecule has 5 rings (SSSR count). The molecule has 164 valence electrons. The van der Waals surface area contributed by atoms with E-state index < -0.39 is 0 Å². The van der Waals surface area contributed by atoms with Crippen LogP contribution < -0.4 is 4.90 Å². The van der Waals surface area contributed by atoms with Crippen LogP contribution in [0.25, 0.3) is 10.9 Å². The highest BCUT2D eigenvalue weighted by Crippen LogP contribution is 2.37. The molecule has 1 amide bonds. The Morgan fingerprint density at radius 2 is 2.19 bits per heavy atom. The SMILES string of the molecule is Cc1nc2ccc(Cl)cc2c(N2CC[C@H](C(=O)N3CCc4oncc4C3)[C@H](C)C2)c1C#N. The lowest BCUT2D eigenvalue weighted by Gasteiger charge is -2.40. The normalized spacial score (nSPS) is 20.8. The molecule has 0 unspecified atom stereocenters. The van der Waals surface area contributed by atoms with Gasteiger partial charge >= 0.3 is 0 Å². The van der Waals surface area contributed by atoms with Crippen LogP contribution >= 0.6 is 11.6 Å². The van der Waals surface area contributed by atoms with Crippen molar-refractivity contribution < 1.29 is 9.32 Å². The number of piperidine rings is 1. The first-order valence-electron chi connectivity index (χ1n) is 10.9. The largest absolute Gasteiger partial charge is 0.370 e. The van der Waals surface area contributed by atoms with Gasteiger partial charge in [-0.2, -0.15) is 5.26 Å². The zero-order valence-corrected chi connectivity index (χ0v) is 18.9. The second-order valence-electron chi connectivity index (χ2n) is 8.80. The molecular formula is C24H24ClN5O2. The summed E-state index contributed by atoms with van der Waals surface area (Å²) in [7, 11) is 0. The molecule has 32 heavy (non-hydrogen) atoms. The first kappa shape index (κ1) is 20.8. The predicted molar refractivity (Wildman–Crippen MR) is 121 cm³/mol. The number of anilines is 1. The Bertz CT molecular complexity index is 1250. The van der Waals surface area contributed by atoms with Gasteiger partial charge in [-0.15, -0.1) is 0 Å². The van der Waals surface area contributed by atoms with Gasteiger partial charge in [-0.1, -0.05) is 23.7 Å². The average Bonchev–Trinajstić information content (AvgIpc) is 3.26. The van der Waals surface area contributed by atoms with Gasteiger partial charge < -0.3 is 14.3 Å². The van der Waals surface area contributed by atoms with Gasteiger partial charge in [-0.05, 0) is 37.5 Å². The van der Waals surface area contributed by atoms with Gasteiger partial charge in [0.05, 0.1) is 35.2 Å². The van der Waals surface area contributed by atoms with Crippen molar-refractivity contribution in [1.82, 2.24) is 15.0 Å². The van der Waals surface area contributed by atoms with Crippen LogP contribution in [0, 0.1) is 30.1 Å². The molecule has 3 aromatic rings. The van der Waals surface area contributed by atoms with Gasteiger partial charge in [-0.25, -0.2) is 0 Å². The standard InChI is InChI=1S/C24H24ClN5O2/c1-14-12-29(23-19-9-17(25)3-4-21(19)28-15(2)20(23)10-26)7-5-18(14)24(31)30-8-6-22-16(13-30)11-27-32-22/h3-4,9,11,14,18H,5-8,12-13H2,1-2H3/t14-,18+/m1/s1. The van der Waals surface area contributed by atoms with E-state index in [1.807, 2.05) is 30.0 Å². The van der Waals surface area contributed by atoms with Crippen molar-refractivity contribution in [3.05, 3.63) is 52.0 Å². The van der Waals surface area contributed by atoms with Crippen molar-refractivity contribution in [3.63, 3.8) is 0 Å². The van der Waals surface area contributed by atoms with E-state index in [1.54, 1.807) is 6.20 Å². The second kappa shape index (κ2) is 8.10. The number of nitriles is 1. The summed E-state index contributed by atoms with van der Waals surface area (Å²) >= 11 is 6.28. The van der Waals surface area contributed by atoms with Gasteiger partial charge in [0.15, 0.2) is 0 Å². The summed E-state index contributed by atoms with van der Waals surface area (Å²) in [6, 6.07) is 7.94. The number of hydrogen-bond donors (Lipinski definition) is 0. The number of fused-ring (bicyclic) bond motifs is 2. The zero-order valence-electron chi connectivity index (χ0n) is 18.1. The highest BCUT2D eigenvalue weighted by Gasteiger charge is 2.36. The number of amides is 1. The molecule has 0 bridgehead atoms. The molecule has 0 aliphatic carbocycles. The highest BCUT2D eigenvalue weighted by molar-refractivity contribution is 6.31. The third kappa shape index (κ3) is 3.49. The fraction of sp³-hybridized carbons (Fsp3) is 0.417. The molecule has 2 aliphatic rings. The van der Waals surface area contributed by atoms with Crippen molar-refractivity contribution in [3.8, 4) is 6.07 Å². The molecule has 0 radical (unpaired) electrons. The van der Waals surface area contributed by atoms with Gasteiger partial charge in [0.2, 0.25) is 5.91 Å². The van der Waals surface area contributed by atoms with E-state index >= 15 is 0 Å². The molecule has 4 heterocycles. The van der Waals surface area contributed by atoms with Crippen LogP contribution in [0.15, 0.2) is 28.9 Å². The summed E-state index contributed by atoms with van der Waals surface area (Å²) in [5.74, 6) is 1.19. The first-order chi connectivity index (χ1) is 15.5. The van der Waals surface area contributed by atoms with Gasteiger partial charge in [0, 0.05) is 47.9 Å². The fourth-order valence-corrected chi connectivity index (χ4v) is 5.25. The topological polar surface area (TPSA) is 86.3 Å². The molecule has 2 aromatic heterocycles. The summed E-state index contributed by atoms with van der Waals surface area (Å²) in [5, 5.41) is 15.2. The van der Waals surface area contributed by atoms with Crippen LogP contribution in [-0.4, -0.2) is 40.6 Å². The molecule has 7 nitrogen and oxygen atoms in total. The number of aryl methyl sites for hydroxylation is 1. The van der Waals surface area contributed by atoms with E-state index in [4.69, 9.17) is 16.1 Å². The molecule has 0 N–H and O–H groups in total. The lowest BCUT2D eigenvalue weighted by Crippen LogP contribution is -2.48. The Hall–Kier alpha value is -3.11. The number of carbonyl (C=O) groups excluding carboxylic acids is 1. The van der Waals surface area contributed by atoms with Crippen molar-refractivity contribution >= 4 is 34.1 Å². The van der Waals surface area contributed by atoms with Crippen LogP contribution in [0.3, 0.4) is 0 Å². The fourth-order valence-electron chi connectivity index (χ4n) is 5.08. The summed E-state index contributed by atoms with van der Waals surface area (Å²) in [6.07, 6.45) is 3.16. The molecule has 8 heteroatoms. The highest BCUT2D eigenvalue weighted by atomic mass is 35.5. The molecule has 1 aromatic carbocycles. The minimum atomic E-state index is -0.0454. The molecule has 0 spiro atoms. The quantitative estimate of drug-likeness (QED) is 0.585. The number of nitrogens with zero attached hydrogens (tertiary/aromatic N) is 5. The van der Waals surface area contributed by atoms with E-state index in [2.05, 4.69) is 28.0 Å². The lowest BCUT2D eigenvalue weighted by atomic mass is 9.84. The van der Waals surface area contributed by atoms with Crippen molar-refractivity contribution in [2.45, 2.75) is 33.2 Å². The Morgan fingerprint density at radius 3 is 2.97 bits per heavy atom. The lowest BCUT2D eigenvalue weighted by molar-refractivity contribution is -0.138. The second-order valence-corrected chi connectivity index (χ2v) is 9.23. The molecule has 1 saturated heterocycles. The summed E-state index contributed by atoms with van der Waals surface area (Å²) in [4.78, 5) is 22.1. The predicted octanol–water partition coefficient (Wildman–Crippen LogP) is 4.10. The number of aromatic nitrogens is 2. The molecular weight excluding hydrogens is 426 g/mol. The zero-order chi connectivity index (χ0) is 22.4. The average molecular weight is 450 g/mol. The Labute approximate surface area is 191 Å². The number of carbonyl (C=O) groups is 1. The van der Waals surface area contributed by atoms with E-state index in [9.17, 15) is 10.1 Å². The molecule has 2 aliphatic heterocycles. The Kier molecular flexibility index (Phi) is 5.26. The van der Waals surface area contributed by atoms with Gasteiger partial charge in [-0.3, -0.25) is 9.78 Å². The van der Waals surface area contributed by atoms with Crippen molar-refractivity contribution in [2.75, 3.05) is 24.5 Å². The van der Waals surface area contributed by atoms with E-state index in [0.717, 1.165) is 34.3 Å². The summed E-state index contributed by atoms with van der Waals surface area (Å²) in [6.45, 7) is 6.62. The molecule has 1 fully saturated rings. The number of halogens is 1. The third-order valence-electron chi connectivity index (χ3n) is 6.76. The molecule has 0 saturated carbocycles. The van der Waals surface area contributed by atoms with Crippen molar-refractivity contribution in [1.29, 1.82) is 5.26 Å². The maximum Gasteiger partial charge on any atom is 0.226 e. The number of hydrogen-bond acceptors (Lipinski definition) is 6. The smallest absolute Gasteiger partial charge is 0.226 e. The minimum Gasteiger partial charge on any atom is -0.370 e. The maximum atomic E-state index is 13.3. The third-order valence-corrected chi connectivity index (χ3v) is 7.00. The minimum absolute atomic E-state index is 0.0454. The van der Waals surface area contributed by atoms with Crippen LogP contribution in [0.5, 0.6) is 0 Å². The van der Waals surface area contributed by atoms with Gasteiger partial charge in [0.25, 0.3) is 0 Å². The van der Waals surface area contributed by atoms with Crippen LogP contribution in [0.1, 0.15) is 35.9 Å². The monoisotopic (exact) mass is 449 g/mol. The number of pyridine rings is 1. The van der Waals surface area contributed by atoms with E-state index in [1.165, 1.54) is 0 Å². The van der Waals surface area contributed by atoms with Crippen LogP contribution in [0.4, 0.5) is 5.69 Å². The van der Waals surface area contributed by atoms with E-state index in [0.29, 0.717) is 48.9 Å². The summed E-state index contributed by atoms with van der Waals surface area (Å²) < 4.78 is 5.25. The number of rotatable bonds is 2. The van der Waals surface area contributed by atoms with Gasteiger partial charge in [0.1, 0.15) is 11.8 Å². The Morgan fingerprint density at radius 1 is 1.34 bits per heavy atom. The van der Waals surface area contributed by atoms with Crippen LogP contribution in [-0.2, 0) is 17.8 Å². The summed E-state index contributed by atoms with van der Waals surface area (Å²) in [5.41, 5.74) is 3.99. The first-order valence-corrected chi connectivity index (χ1v) is 11.3. The van der Waals surface area contributed by atoms with E-state index in [-0.39, 0.29) is 17.7 Å². The number of benzene rings is 1. The molecule has 2 atom stereocenters. The Balaban J connectivity index is 1.40. The van der Waals surface area contributed by atoms with Crippen molar-refractivity contribution in [2.24, 2.45) is 11.8 Å².